The second-order valence-corrected chi connectivity index (χ2v) is 3.16. The normalized spacial score (nSPS) is 9.75. The molecule has 0 spiro atoms. The molecule has 1 rings (SSSR count). The zero-order valence-corrected chi connectivity index (χ0v) is 9.90. The highest BCUT2D eigenvalue weighted by atomic mass is 16.5. The number of hydrogen-bond acceptors (Lipinski definition) is 4. The third-order valence-electron chi connectivity index (χ3n) is 2.27. The number of carbonyl (C=O) groups is 1. The first-order valence-electron chi connectivity index (χ1n) is 4.81. The van der Waals surface area contributed by atoms with Gasteiger partial charge in [0.1, 0.15) is 0 Å². The Hall–Kier alpha value is -1.75. The summed E-state index contributed by atoms with van der Waals surface area (Å²) in [5.74, 6) is 1.01. The lowest BCUT2D eigenvalue weighted by Crippen LogP contribution is -2.36. The molecule has 5 nitrogen and oxygen atoms in total. The van der Waals surface area contributed by atoms with Crippen LogP contribution in [0.25, 0.3) is 0 Å². The first kappa shape index (κ1) is 12.3. The van der Waals surface area contributed by atoms with Crippen LogP contribution in [0.4, 0.5) is 0 Å². The molecular formula is C11H16N2O3. The average Bonchev–Trinajstić information content (AvgIpc) is 2.35. The number of hydrogen-bond donors (Lipinski definition) is 1. The minimum atomic E-state index is -0.136. The fourth-order valence-corrected chi connectivity index (χ4v) is 1.26. The Balaban J connectivity index is 3.03. The first-order chi connectivity index (χ1) is 7.63. The lowest BCUT2D eigenvalue weighted by atomic mass is 10.2. The summed E-state index contributed by atoms with van der Waals surface area (Å²) >= 11 is 0. The topological polar surface area (TPSA) is 50.8 Å². The highest BCUT2D eigenvalue weighted by Crippen LogP contribution is 2.27. The van der Waals surface area contributed by atoms with Crippen LogP contribution in [0.1, 0.15) is 10.4 Å². The van der Waals surface area contributed by atoms with Crippen molar-refractivity contribution in [3.05, 3.63) is 23.8 Å². The number of hydrazine groups is 1. The molecule has 16 heavy (non-hydrogen) atoms. The molecule has 5 heteroatoms. The molecule has 1 aromatic rings. The lowest BCUT2D eigenvalue weighted by Gasteiger charge is -2.16. The van der Waals surface area contributed by atoms with Gasteiger partial charge in [-0.05, 0) is 18.2 Å². The summed E-state index contributed by atoms with van der Waals surface area (Å²) in [5.41, 5.74) is 3.28. The number of rotatable bonds is 4. The number of ether oxygens (including phenoxy) is 2. The van der Waals surface area contributed by atoms with E-state index in [0.29, 0.717) is 17.1 Å². The standard InChI is InChI=1S/C11H16N2O3/c1-12-13(2)11(14)8-5-6-9(15-3)10(7-8)16-4/h5-7,12H,1-4H3. The zero-order chi connectivity index (χ0) is 12.1. The van der Waals surface area contributed by atoms with Gasteiger partial charge in [-0.2, -0.15) is 0 Å². The summed E-state index contributed by atoms with van der Waals surface area (Å²) in [4.78, 5) is 11.8. The molecule has 0 aliphatic rings. The van der Waals surface area contributed by atoms with Crippen molar-refractivity contribution in [2.75, 3.05) is 28.3 Å². The third kappa shape index (κ3) is 2.43. The molecule has 1 aromatic carbocycles. The van der Waals surface area contributed by atoms with Gasteiger partial charge in [-0.15, -0.1) is 0 Å². The van der Waals surface area contributed by atoms with E-state index in [9.17, 15) is 4.79 Å². The largest absolute Gasteiger partial charge is 0.493 e. The quantitative estimate of drug-likeness (QED) is 0.772. The van der Waals surface area contributed by atoms with E-state index in [1.807, 2.05) is 0 Å². The summed E-state index contributed by atoms with van der Waals surface area (Å²) in [5, 5.41) is 1.39. The molecule has 0 atom stereocenters. The number of nitrogens with one attached hydrogen (secondary N) is 1. The fraction of sp³-hybridized carbons (Fsp3) is 0.364. The van der Waals surface area contributed by atoms with Crippen LogP contribution in [-0.4, -0.2) is 39.2 Å². The molecule has 0 unspecified atom stereocenters. The minimum absolute atomic E-state index is 0.136. The maximum Gasteiger partial charge on any atom is 0.267 e. The predicted octanol–water partition coefficient (Wildman–Crippen LogP) is 0.910. The highest BCUT2D eigenvalue weighted by Gasteiger charge is 2.13. The SMILES string of the molecule is CNN(C)C(=O)c1ccc(OC)c(OC)c1. The van der Waals surface area contributed by atoms with E-state index in [1.165, 1.54) is 12.1 Å². The Kier molecular flexibility index (Phi) is 4.13. The van der Waals surface area contributed by atoms with Gasteiger partial charge in [-0.3, -0.25) is 9.80 Å². The van der Waals surface area contributed by atoms with E-state index in [-0.39, 0.29) is 5.91 Å². The summed E-state index contributed by atoms with van der Waals surface area (Å²) in [7, 11) is 6.42. The molecule has 0 aromatic heterocycles. The van der Waals surface area contributed by atoms with Crippen LogP contribution in [0.5, 0.6) is 11.5 Å². The Morgan fingerprint density at radius 1 is 1.25 bits per heavy atom. The molecule has 0 bridgehead atoms. The lowest BCUT2D eigenvalue weighted by molar-refractivity contribution is 0.0734. The van der Waals surface area contributed by atoms with E-state index >= 15 is 0 Å². The molecular weight excluding hydrogens is 208 g/mol. The number of nitrogens with zero attached hydrogens (tertiary/aromatic N) is 1. The molecule has 0 aliphatic heterocycles. The smallest absolute Gasteiger partial charge is 0.267 e. The van der Waals surface area contributed by atoms with Crippen LogP contribution in [0.15, 0.2) is 18.2 Å². The third-order valence-corrected chi connectivity index (χ3v) is 2.27. The monoisotopic (exact) mass is 224 g/mol. The van der Waals surface area contributed by atoms with Gasteiger partial charge in [-0.25, -0.2) is 5.43 Å². The average molecular weight is 224 g/mol. The van der Waals surface area contributed by atoms with Crippen molar-refractivity contribution < 1.29 is 14.3 Å². The Bertz CT molecular complexity index is 379. The molecule has 0 aliphatic carbocycles. The predicted molar refractivity (Wildman–Crippen MR) is 60.7 cm³/mol. The second kappa shape index (κ2) is 5.37. The highest BCUT2D eigenvalue weighted by molar-refractivity contribution is 5.94. The van der Waals surface area contributed by atoms with Gasteiger partial charge in [0, 0.05) is 19.7 Å². The summed E-state index contributed by atoms with van der Waals surface area (Å²) in [6.45, 7) is 0. The molecule has 0 saturated heterocycles. The van der Waals surface area contributed by atoms with Crippen LogP contribution in [0.3, 0.4) is 0 Å². The van der Waals surface area contributed by atoms with Crippen LogP contribution in [0, 0.1) is 0 Å². The molecule has 0 fully saturated rings. The first-order valence-corrected chi connectivity index (χ1v) is 4.81. The van der Waals surface area contributed by atoms with Crippen molar-refractivity contribution in [1.82, 2.24) is 10.4 Å². The van der Waals surface area contributed by atoms with Crippen LogP contribution in [0.2, 0.25) is 0 Å². The summed E-state index contributed by atoms with van der Waals surface area (Å²) in [6.07, 6.45) is 0. The van der Waals surface area contributed by atoms with Gasteiger partial charge in [0.2, 0.25) is 0 Å². The van der Waals surface area contributed by atoms with Crippen LogP contribution in [-0.2, 0) is 0 Å². The van der Waals surface area contributed by atoms with Crippen molar-refractivity contribution in [2.24, 2.45) is 0 Å². The van der Waals surface area contributed by atoms with Crippen molar-refractivity contribution >= 4 is 5.91 Å². The number of methoxy groups -OCH3 is 2. The number of carbonyl (C=O) groups excluding carboxylic acids is 1. The maximum atomic E-state index is 11.8. The van der Waals surface area contributed by atoms with E-state index < -0.39 is 0 Å². The molecule has 1 N–H and O–H groups in total. The van der Waals surface area contributed by atoms with Gasteiger partial charge < -0.3 is 9.47 Å². The Morgan fingerprint density at radius 2 is 1.88 bits per heavy atom. The van der Waals surface area contributed by atoms with E-state index in [2.05, 4.69) is 5.43 Å². The van der Waals surface area contributed by atoms with Crippen molar-refractivity contribution in [3.63, 3.8) is 0 Å². The molecule has 1 amide bonds. The number of amides is 1. The summed E-state index contributed by atoms with van der Waals surface area (Å²) < 4.78 is 10.2. The Morgan fingerprint density at radius 3 is 2.38 bits per heavy atom. The summed E-state index contributed by atoms with van der Waals surface area (Å²) in [6, 6.07) is 5.04. The zero-order valence-electron chi connectivity index (χ0n) is 9.90. The molecule has 0 radical (unpaired) electrons. The second-order valence-electron chi connectivity index (χ2n) is 3.16. The maximum absolute atomic E-state index is 11.8. The van der Waals surface area contributed by atoms with Crippen LogP contribution >= 0.6 is 0 Å². The van der Waals surface area contributed by atoms with Gasteiger partial charge in [0.05, 0.1) is 14.2 Å². The Labute approximate surface area is 94.9 Å². The number of benzene rings is 1. The van der Waals surface area contributed by atoms with Crippen molar-refractivity contribution in [1.29, 1.82) is 0 Å². The van der Waals surface area contributed by atoms with Gasteiger partial charge >= 0.3 is 0 Å². The van der Waals surface area contributed by atoms with E-state index in [0.717, 1.165) is 0 Å². The minimum Gasteiger partial charge on any atom is -0.493 e. The van der Waals surface area contributed by atoms with E-state index in [1.54, 1.807) is 39.4 Å². The molecule has 88 valence electrons. The van der Waals surface area contributed by atoms with Crippen molar-refractivity contribution in [2.45, 2.75) is 0 Å². The van der Waals surface area contributed by atoms with Gasteiger partial charge in [0.15, 0.2) is 11.5 Å². The molecule has 0 saturated carbocycles. The van der Waals surface area contributed by atoms with Gasteiger partial charge in [0.25, 0.3) is 5.91 Å². The van der Waals surface area contributed by atoms with Crippen LogP contribution < -0.4 is 14.9 Å². The van der Waals surface area contributed by atoms with E-state index in [4.69, 9.17) is 9.47 Å². The van der Waals surface area contributed by atoms with Crippen molar-refractivity contribution in [3.8, 4) is 11.5 Å². The fourth-order valence-electron chi connectivity index (χ4n) is 1.26. The molecule has 0 heterocycles. The van der Waals surface area contributed by atoms with Gasteiger partial charge in [-0.1, -0.05) is 0 Å².